The number of hydrogen-bond acceptors (Lipinski definition) is 2. The number of hydrogen-bond donors (Lipinski definition) is 2. The smallest absolute Gasteiger partial charge is 0.224 e. The van der Waals surface area contributed by atoms with Crippen molar-refractivity contribution in [3.8, 4) is 0 Å². The van der Waals surface area contributed by atoms with Crippen molar-refractivity contribution in [1.82, 2.24) is 5.32 Å². The zero-order valence-corrected chi connectivity index (χ0v) is 10.9. The minimum absolute atomic E-state index is 0.0119. The van der Waals surface area contributed by atoms with Crippen LogP contribution in [-0.2, 0) is 11.2 Å². The number of benzene rings is 1. The lowest BCUT2D eigenvalue weighted by atomic mass is 10.0. The molecule has 4 heteroatoms. The molecule has 0 spiro atoms. The van der Waals surface area contributed by atoms with E-state index in [0.717, 1.165) is 12.0 Å². The summed E-state index contributed by atoms with van der Waals surface area (Å²) < 4.78 is 12.7. The fourth-order valence-electron chi connectivity index (χ4n) is 1.78. The Balaban J connectivity index is 2.31. The number of carbonyl (C=O) groups is 1. The van der Waals surface area contributed by atoms with Gasteiger partial charge in [-0.3, -0.25) is 4.79 Å². The molecule has 18 heavy (non-hydrogen) atoms. The number of nitrogens with two attached hydrogens (primary N) is 1. The van der Waals surface area contributed by atoms with E-state index in [0.29, 0.717) is 12.5 Å². The second kappa shape index (κ2) is 7.11. The van der Waals surface area contributed by atoms with Gasteiger partial charge < -0.3 is 11.1 Å². The van der Waals surface area contributed by atoms with Gasteiger partial charge in [-0.25, -0.2) is 4.39 Å². The normalized spacial score (nSPS) is 12.5. The van der Waals surface area contributed by atoms with Crippen LogP contribution in [-0.4, -0.2) is 18.5 Å². The van der Waals surface area contributed by atoms with Gasteiger partial charge in [-0.2, -0.15) is 0 Å². The van der Waals surface area contributed by atoms with Crippen LogP contribution in [0.25, 0.3) is 0 Å². The highest BCUT2D eigenvalue weighted by Crippen LogP contribution is 2.04. The maximum absolute atomic E-state index is 12.7. The Hall–Kier alpha value is -1.42. The monoisotopic (exact) mass is 252 g/mol. The van der Waals surface area contributed by atoms with Crippen LogP contribution in [0.3, 0.4) is 0 Å². The first-order chi connectivity index (χ1) is 8.47. The molecule has 0 saturated carbocycles. The third-order valence-electron chi connectivity index (χ3n) is 2.61. The van der Waals surface area contributed by atoms with E-state index in [1.165, 1.54) is 12.1 Å². The van der Waals surface area contributed by atoms with E-state index in [4.69, 9.17) is 5.73 Å². The van der Waals surface area contributed by atoms with Gasteiger partial charge in [0.2, 0.25) is 5.91 Å². The van der Waals surface area contributed by atoms with Crippen LogP contribution in [0.1, 0.15) is 25.8 Å². The molecule has 1 aromatic carbocycles. The molecule has 0 aliphatic rings. The summed E-state index contributed by atoms with van der Waals surface area (Å²) in [6.07, 6.45) is 1.14. The molecule has 0 aromatic heterocycles. The van der Waals surface area contributed by atoms with Crippen molar-refractivity contribution in [3.63, 3.8) is 0 Å². The van der Waals surface area contributed by atoms with Gasteiger partial charge in [-0.15, -0.1) is 0 Å². The summed E-state index contributed by atoms with van der Waals surface area (Å²) in [7, 11) is 0. The van der Waals surface area contributed by atoms with E-state index in [1.54, 1.807) is 12.1 Å². The minimum atomic E-state index is -0.293. The number of amides is 1. The summed E-state index contributed by atoms with van der Waals surface area (Å²) in [5.74, 6) is 0.146. The van der Waals surface area contributed by atoms with Gasteiger partial charge >= 0.3 is 0 Å². The maximum Gasteiger partial charge on any atom is 0.224 e. The maximum atomic E-state index is 12.7. The molecule has 1 unspecified atom stereocenters. The van der Waals surface area contributed by atoms with Crippen molar-refractivity contribution in [1.29, 1.82) is 0 Å². The van der Waals surface area contributed by atoms with Crippen LogP contribution >= 0.6 is 0 Å². The van der Waals surface area contributed by atoms with Crippen molar-refractivity contribution in [2.75, 3.05) is 6.54 Å². The van der Waals surface area contributed by atoms with E-state index >= 15 is 0 Å². The molecule has 0 bridgehead atoms. The molecular weight excluding hydrogens is 231 g/mol. The molecule has 0 heterocycles. The zero-order chi connectivity index (χ0) is 13.5. The third kappa shape index (κ3) is 5.77. The van der Waals surface area contributed by atoms with Crippen molar-refractivity contribution < 1.29 is 9.18 Å². The summed E-state index contributed by atoms with van der Waals surface area (Å²) in [5, 5.41) is 2.79. The number of halogens is 1. The molecule has 1 atom stereocenters. The van der Waals surface area contributed by atoms with Gasteiger partial charge in [-0.1, -0.05) is 26.0 Å². The van der Waals surface area contributed by atoms with E-state index in [-0.39, 0.29) is 24.2 Å². The summed E-state index contributed by atoms with van der Waals surface area (Å²) in [5.41, 5.74) is 6.67. The summed E-state index contributed by atoms with van der Waals surface area (Å²) >= 11 is 0. The van der Waals surface area contributed by atoms with E-state index in [2.05, 4.69) is 19.2 Å². The van der Waals surface area contributed by atoms with Gasteiger partial charge in [0.25, 0.3) is 0 Å². The van der Waals surface area contributed by atoms with E-state index < -0.39 is 0 Å². The highest BCUT2D eigenvalue weighted by molar-refractivity contribution is 5.78. The van der Waals surface area contributed by atoms with Gasteiger partial charge in [0, 0.05) is 12.6 Å². The topological polar surface area (TPSA) is 55.1 Å². The predicted octanol–water partition coefficient (Wildman–Crippen LogP) is 1.86. The third-order valence-corrected chi connectivity index (χ3v) is 2.61. The standard InChI is InChI=1S/C14H21FN2O/c1-10(2)7-13(16)9-17-14(18)8-11-3-5-12(15)6-4-11/h3-6,10,13H,7-9,16H2,1-2H3,(H,17,18). The van der Waals surface area contributed by atoms with Crippen molar-refractivity contribution in [2.45, 2.75) is 32.7 Å². The largest absolute Gasteiger partial charge is 0.354 e. The lowest BCUT2D eigenvalue weighted by molar-refractivity contribution is -0.120. The van der Waals surface area contributed by atoms with Crippen LogP contribution in [0, 0.1) is 11.7 Å². The first-order valence-corrected chi connectivity index (χ1v) is 6.24. The number of nitrogens with one attached hydrogen (secondary N) is 1. The summed E-state index contributed by atoms with van der Waals surface area (Å²) in [4.78, 5) is 11.6. The number of rotatable bonds is 6. The van der Waals surface area contributed by atoms with Crippen molar-refractivity contribution in [3.05, 3.63) is 35.6 Å². The molecule has 3 nitrogen and oxygen atoms in total. The molecule has 1 rings (SSSR count). The molecule has 0 fully saturated rings. The summed E-state index contributed by atoms with van der Waals surface area (Å²) in [6.45, 7) is 4.68. The molecule has 0 aliphatic heterocycles. The van der Waals surface area contributed by atoms with Crippen molar-refractivity contribution in [2.24, 2.45) is 11.7 Å². The average Bonchev–Trinajstić information content (AvgIpc) is 2.29. The SMILES string of the molecule is CC(C)CC(N)CNC(=O)Cc1ccc(F)cc1. The van der Waals surface area contributed by atoms with Crippen LogP contribution < -0.4 is 11.1 Å². The molecule has 0 saturated heterocycles. The van der Waals surface area contributed by atoms with Gasteiger partial charge in [0.05, 0.1) is 6.42 Å². The lowest BCUT2D eigenvalue weighted by Crippen LogP contribution is -2.38. The molecule has 0 radical (unpaired) electrons. The Morgan fingerprint density at radius 1 is 1.33 bits per heavy atom. The van der Waals surface area contributed by atoms with E-state index in [9.17, 15) is 9.18 Å². The van der Waals surface area contributed by atoms with E-state index in [1.807, 2.05) is 0 Å². The highest BCUT2D eigenvalue weighted by atomic mass is 19.1. The Kier molecular flexibility index (Phi) is 5.78. The van der Waals surface area contributed by atoms with Crippen LogP contribution in [0.5, 0.6) is 0 Å². The van der Waals surface area contributed by atoms with Crippen LogP contribution in [0.4, 0.5) is 4.39 Å². The molecule has 100 valence electrons. The fraction of sp³-hybridized carbons (Fsp3) is 0.500. The Morgan fingerprint density at radius 2 is 1.94 bits per heavy atom. The Labute approximate surface area is 108 Å². The van der Waals surface area contributed by atoms with Crippen molar-refractivity contribution >= 4 is 5.91 Å². The zero-order valence-electron chi connectivity index (χ0n) is 10.9. The molecule has 0 aliphatic carbocycles. The highest BCUT2D eigenvalue weighted by Gasteiger charge is 2.08. The Bertz CT molecular complexity index is 376. The van der Waals surface area contributed by atoms with Gasteiger partial charge in [-0.05, 0) is 30.0 Å². The Morgan fingerprint density at radius 3 is 2.50 bits per heavy atom. The first-order valence-electron chi connectivity index (χ1n) is 6.24. The second-order valence-electron chi connectivity index (χ2n) is 5.00. The van der Waals surface area contributed by atoms with Gasteiger partial charge in [0.15, 0.2) is 0 Å². The lowest BCUT2D eigenvalue weighted by Gasteiger charge is -2.14. The average molecular weight is 252 g/mol. The molecule has 3 N–H and O–H groups in total. The molecule has 1 amide bonds. The van der Waals surface area contributed by atoms with Crippen LogP contribution in [0.2, 0.25) is 0 Å². The predicted molar refractivity (Wildman–Crippen MR) is 70.5 cm³/mol. The number of carbonyl (C=O) groups excluding carboxylic acids is 1. The summed E-state index contributed by atoms with van der Waals surface area (Å²) in [6, 6.07) is 5.92. The second-order valence-corrected chi connectivity index (χ2v) is 5.00. The minimum Gasteiger partial charge on any atom is -0.354 e. The first kappa shape index (κ1) is 14.6. The quantitative estimate of drug-likeness (QED) is 0.812. The van der Waals surface area contributed by atoms with Gasteiger partial charge in [0.1, 0.15) is 5.82 Å². The van der Waals surface area contributed by atoms with Crippen LogP contribution in [0.15, 0.2) is 24.3 Å². The molecule has 1 aromatic rings. The molecular formula is C14H21FN2O. The fourth-order valence-corrected chi connectivity index (χ4v) is 1.78.